The van der Waals surface area contributed by atoms with Crippen LogP contribution in [0.15, 0.2) is 6.07 Å². The van der Waals surface area contributed by atoms with Gasteiger partial charge >= 0.3 is 0 Å². The van der Waals surface area contributed by atoms with E-state index >= 15 is 0 Å². The maximum absolute atomic E-state index is 12.9. The molecule has 60 valence electrons. The van der Waals surface area contributed by atoms with Crippen molar-refractivity contribution < 1.29 is 9.13 Å². The van der Waals surface area contributed by atoms with Crippen molar-refractivity contribution in [1.82, 2.24) is 4.57 Å². The van der Waals surface area contributed by atoms with Crippen LogP contribution in [0.3, 0.4) is 0 Å². The molecule has 1 aromatic rings. The van der Waals surface area contributed by atoms with Crippen molar-refractivity contribution in [2.24, 2.45) is 0 Å². The quantitative estimate of drug-likeness (QED) is 0.553. The lowest BCUT2D eigenvalue weighted by Gasteiger charge is -2.16. The number of hydrogen-bond donors (Lipinski definition) is 0. The van der Waals surface area contributed by atoms with Crippen LogP contribution in [0, 0.1) is 12.7 Å². The Morgan fingerprint density at radius 1 is 1.64 bits per heavy atom. The standard InChI is InChI=1S/C8H10FNO/c1-6-8(9)4-7-5-11-3-2-10(6)7/h4H,2-3,5H2,1H3. The molecule has 3 heteroatoms. The first-order chi connectivity index (χ1) is 5.29. The molecule has 0 spiro atoms. The fraction of sp³-hybridized carbons (Fsp3) is 0.500. The number of rotatable bonds is 0. The highest BCUT2D eigenvalue weighted by Gasteiger charge is 2.14. The Morgan fingerprint density at radius 2 is 2.45 bits per heavy atom. The third-order valence-corrected chi connectivity index (χ3v) is 2.10. The molecule has 0 aliphatic carbocycles. The van der Waals surface area contributed by atoms with Crippen LogP contribution in [-0.2, 0) is 17.9 Å². The van der Waals surface area contributed by atoms with Gasteiger partial charge in [0.1, 0.15) is 5.82 Å². The normalized spacial score (nSPS) is 16.5. The molecule has 2 nitrogen and oxygen atoms in total. The molecule has 0 unspecified atom stereocenters. The molecule has 0 aromatic carbocycles. The van der Waals surface area contributed by atoms with Gasteiger partial charge in [-0.2, -0.15) is 0 Å². The minimum absolute atomic E-state index is 0.120. The topological polar surface area (TPSA) is 14.2 Å². The van der Waals surface area contributed by atoms with E-state index in [1.165, 1.54) is 0 Å². The van der Waals surface area contributed by atoms with Gasteiger partial charge in [-0.1, -0.05) is 0 Å². The summed E-state index contributed by atoms with van der Waals surface area (Å²) in [7, 11) is 0. The second kappa shape index (κ2) is 2.34. The molecule has 0 N–H and O–H groups in total. The highest BCUT2D eigenvalue weighted by Crippen LogP contribution is 2.17. The van der Waals surface area contributed by atoms with Crippen LogP contribution < -0.4 is 0 Å². The van der Waals surface area contributed by atoms with Gasteiger partial charge in [-0.3, -0.25) is 0 Å². The highest BCUT2D eigenvalue weighted by molar-refractivity contribution is 5.17. The average Bonchev–Trinajstić information content (AvgIpc) is 2.30. The van der Waals surface area contributed by atoms with Gasteiger partial charge in [0.25, 0.3) is 0 Å². The zero-order valence-electron chi connectivity index (χ0n) is 6.43. The number of hydrogen-bond acceptors (Lipinski definition) is 1. The van der Waals surface area contributed by atoms with Gasteiger partial charge in [-0.15, -0.1) is 0 Å². The summed E-state index contributed by atoms with van der Waals surface area (Å²) in [5.41, 5.74) is 1.68. The molecular weight excluding hydrogens is 145 g/mol. The van der Waals surface area contributed by atoms with Crippen LogP contribution in [0.4, 0.5) is 4.39 Å². The van der Waals surface area contributed by atoms with Crippen molar-refractivity contribution in [3.63, 3.8) is 0 Å². The number of nitrogens with zero attached hydrogens (tertiary/aromatic N) is 1. The lowest BCUT2D eigenvalue weighted by atomic mass is 10.4. The van der Waals surface area contributed by atoms with E-state index in [1.54, 1.807) is 13.0 Å². The van der Waals surface area contributed by atoms with Gasteiger partial charge in [-0.25, -0.2) is 4.39 Å². The highest BCUT2D eigenvalue weighted by atomic mass is 19.1. The Hall–Kier alpha value is -0.830. The van der Waals surface area contributed by atoms with E-state index in [1.807, 2.05) is 4.57 Å². The molecule has 0 fully saturated rings. The van der Waals surface area contributed by atoms with Gasteiger partial charge in [-0.05, 0) is 13.0 Å². The molecule has 0 amide bonds. The molecule has 1 aromatic heterocycles. The van der Waals surface area contributed by atoms with Crippen LogP contribution in [0.2, 0.25) is 0 Å². The summed E-state index contributed by atoms with van der Waals surface area (Å²) in [6.45, 7) is 3.82. The number of aromatic nitrogens is 1. The predicted octanol–water partition coefficient (Wildman–Crippen LogP) is 1.47. The fourth-order valence-electron chi connectivity index (χ4n) is 1.44. The molecular formula is C8H10FNO. The molecule has 1 aliphatic rings. The average molecular weight is 155 g/mol. The van der Waals surface area contributed by atoms with Crippen molar-refractivity contribution >= 4 is 0 Å². The van der Waals surface area contributed by atoms with E-state index < -0.39 is 0 Å². The Balaban J connectivity index is 2.50. The van der Waals surface area contributed by atoms with Gasteiger partial charge in [0.2, 0.25) is 0 Å². The zero-order valence-corrected chi connectivity index (χ0v) is 6.43. The van der Waals surface area contributed by atoms with Crippen molar-refractivity contribution in [3.05, 3.63) is 23.3 Å². The lowest BCUT2D eigenvalue weighted by molar-refractivity contribution is 0.0843. The second-order valence-corrected chi connectivity index (χ2v) is 2.77. The summed E-state index contributed by atoms with van der Waals surface area (Å²) in [5, 5.41) is 0. The SMILES string of the molecule is Cc1c(F)cc2n1CCOC2. The van der Waals surface area contributed by atoms with E-state index in [0.29, 0.717) is 13.2 Å². The maximum Gasteiger partial charge on any atom is 0.144 e. The third kappa shape index (κ3) is 0.959. The number of halogens is 1. The number of fused-ring (bicyclic) bond motifs is 1. The summed E-state index contributed by atoms with van der Waals surface area (Å²) in [4.78, 5) is 0. The molecule has 0 radical (unpaired) electrons. The van der Waals surface area contributed by atoms with Crippen LogP contribution in [0.1, 0.15) is 11.4 Å². The molecule has 2 heterocycles. The summed E-state index contributed by atoms with van der Waals surface area (Å²) in [6, 6.07) is 1.55. The van der Waals surface area contributed by atoms with E-state index in [4.69, 9.17) is 4.74 Å². The van der Waals surface area contributed by atoms with Crippen molar-refractivity contribution in [3.8, 4) is 0 Å². The third-order valence-electron chi connectivity index (χ3n) is 2.10. The van der Waals surface area contributed by atoms with Gasteiger partial charge in [0.05, 0.1) is 18.9 Å². The molecule has 0 saturated carbocycles. The first kappa shape index (κ1) is 6.85. The van der Waals surface area contributed by atoms with Gasteiger partial charge < -0.3 is 9.30 Å². The molecule has 0 saturated heterocycles. The van der Waals surface area contributed by atoms with E-state index in [0.717, 1.165) is 17.9 Å². The maximum atomic E-state index is 12.9. The second-order valence-electron chi connectivity index (χ2n) is 2.77. The van der Waals surface area contributed by atoms with Crippen molar-refractivity contribution in [1.29, 1.82) is 0 Å². The minimum atomic E-state index is -0.120. The Bertz CT molecular complexity index is 280. The number of ether oxygens (including phenoxy) is 1. The summed E-state index contributed by atoms with van der Waals surface area (Å²) < 4.78 is 20.1. The predicted molar refractivity (Wildman–Crippen MR) is 38.8 cm³/mol. The Labute approximate surface area is 64.6 Å². The van der Waals surface area contributed by atoms with E-state index in [2.05, 4.69) is 0 Å². The first-order valence-corrected chi connectivity index (χ1v) is 3.71. The largest absolute Gasteiger partial charge is 0.373 e. The Morgan fingerprint density at radius 3 is 3.18 bits per heavy atom. The molecule has 0 bridgehead atoms. The van der Waals surface area contributed by atoms with Crippen LogP contribution >= 0.6 is 0 Å². The summed E-state index contributed by atoms with van der Waals surface area (Å²) in [6.07, 6.45) is 0. The fourth-order valence-corrected chi connectivity index (χ4v) is 1.44. The molecule has 2 rings (SSSR count). The molecule has 0 atom stereocenters. The minimum Gasteiger partial charge on any atom is -0.373 e. The Kier molecular flexibility index (Phi) is 1.46. The molecule has 1 aliphatic heterocycles. The zero-order chi connectivity index (χ0) is 7.84. The smallest absolute Gasteiger partial charge is 0.144 e. The summed E-state index contributed by atoms with van der Waals surface area (Å²) in [5.74, 6) is -0.120. The first-order valence-electron chi connectivity index (χ1n) is 3.71. The van der Waals surface area contributed by atoms with Gasteiger partial charge in [0, 0.05) is 12.2 Å². The van der Waals surface area contributed by atoms with E-state index in [-0.39, 0.29) is 5.82 Å². The van der Waals surface area contributed by atoms with E-state index in [9.17, 15) is 4.39 Å². The van der Waals surface area contributed by atoms with Crippen molar-refractivity contribution in [2.45, 2.75) is 20.1 Å². The monoisotopic (exact) mass is 155 g/mol. The summed E-state index contributed by atoms with van der Waals surface area (Å²) >= 11 is 0. The van der Waals surface area contributed by atoms with Crippen LogP contribution in [0.25, 0.3) is 0 Å². The van der Waals surface area contributed by atoms with Gasteiger partial charge in [0.15, 0.2) is 0 Å². The lowest BCUT2D eigenvalue weighted by Crippen LogP contribution is -2.16. The van der Waals surface area contributed by atoms with Crippen LogP contribution in [0.5, 0.6) is 0 Å². The van der Waals surface area contributed by atoms with Crippen molar-refractivity contribution in [2.75, 3.05) is 6.61 Å². The molecule has 11 heavy (non-hydrogen) atoms. The van der Waals surface area contributed by atoms with Crippen LogP contribution in [-0.4, -0.2) is 11.2 Å².